The zero-order valence-corrected chi connectivity index (χ0v) is 46.4. The Morgan fingerprint density at radius 1 is 0.629 bits per heavy atom. The van der Waals surface area contributed by atoms with Gasteiger partial charge < -0.3 is 8.98 Å². The van der Waals surface area contributed by atoms with Gasteiger partial charge in [-0.1, -0.05) is 105 Å². The van der Waals surface area contributed by atoms with Crippen LogP contribution in [0.4, 0.5) is 0 Å². The van der Waals surface area contributed by atoms with Crippen molar-refractivity contribution in [2.75, 3.05) is 0 Å². The molecule has 7 aromatic carbocycles. The van der Waals surface area contributed by atoms with Gasteiger partial charge in [0.15, 0.2) is 0 Å². The summed E-state index contributed by atoms with van der Waals surface area (Å²) in [5.74, 6) is 9.31. The first kappa shape index (κ1) is 48.8. The van der Waals surface area contributed by atoms with Crippen LogP contribution in [0.2, 0.25) is 17.3 Å². The number of aryl methyl sites for hydroxylation is 1. The van der Waals surface area contributed by atoms with Crippen molar-refractivity contribution in [3.8, 4) is 39.5 Å². The second kappa shape index (κ2) is 19.9. The van der Waals surface area contributed by atoms with Crippen molar-refractivity contribution in [1.29, 1.82) is 0 Å². The van der Waals surface area contributed by atoms with Crippen LogP contribution in [0.1, 0.15) is 75.8 Å². The minimum Gasteiger partial charge on any atom is -0.486 e. The Kier molecular flexibility index (Phi) is 13.9. The Hall–Kier alpha value is -6.18. The van der Waals surface area contributed by atoms with Gasteiger partial charge in [-0.3, -0.25) is 4.98 Å². The number of benzene rings is 7. The third-order valence-electron chi connectivity index (χ3n) is 13.3. The van der Waals surface area contributed by atoms with Crippen LogP contribution in [-0.4, -0.2) is 32.8 Å². The van der Waals surface area contributed by atoms with Crippen LogP contribution >= 0.6 is 0 Å². The predicted octanol–water partition coefficient (Wildman–Crippen LogP) is 16.6. The van der Waals surface area contributed by atoms with Crippen molar-refractivity contribution in [3.05, 3.63) is 186 Å². The molecule has 5 nitrogen and oxygen atoms in total. The summed E-state index contributed by atoms with van der Waals surface area (Å²) in [7, 11) is 0. The van der Waals surface area contributed by atoms with E-state index in [9.17, 15) is 0 Å². The van der Waals surface area contributed by atoms with Crippen molar-refractivity contribution in [3.63, 3.8) is 0 Å². The van der Waals surface area contributed by atoms with Crippen molar-refractivity contribution in [1.82, 2.24) is 19.5 Å². The molecular formula is C63H60GeIrN4O-2. The molecule has 0 N–H and O–H groups in total. The van der Waals surface area contributed by atoms with Crippen LogP contribution in [0.25, 0.3) is 94.1 Å². The normalized spacial score (nSPS) is 11.9. The van der Waals surface area contributed by atoms with E-state index in [2.05, 4.69) is 197 Å². The first-order chi connectivity index (χ1) is 33.2. The maximum Gasteiger partial charge on any atom is 0.216 e. The molecule has 0 unspecified atom stereocenters. The van der Waals surface area contributed by atoms with E-state index in [0.717, 1.165) is 62.1 Å². The van der Waals surface area contributed by atoms with E-state index >= 15 is 0 Å². The van der Waals surface area contributed by atoms with Gasteiger partial charge in [-0.15, -0.1) is 18.2 Å². The molecule has 0 aliphatic carbocycles. The molecular weight excluding hydrogens is 1090 g/mol. The second-order valence-corrected chi connectivity index (χ2v) is 31.2. The van der Waals surface area contributed by atoms with Gasteiger partial charge >= 0.3 is 126 Å². The number of rotatable bonds is 9. The van der Waals surface area contributed by atoms with Crippen LogP contribution < -0.4 is 4.40 Å². The van der Waals surface area contributed by atoms with Crippen molar-refractivity contribution in [2.24, 2.45) is 5.92 Å². The summed E-state index contributed by atoms with van der Waals surface area (Å²) in [6, 6.07) is 58.5. The molecule has 0 atom stereocenters. The van der Waals surface area contributed by atoms with E-state index in [1.807, 2.05) is 37.3 Å². The first-order valence-corrected chi connectivity index (χ1v) is 31.8. The van der Waals surface area contributed by atoms with Gasteiger partial charge in [-0.2, -0.15) is 0 Å². The van der Waals surface area contributed by atoms with Crippen LogP contribution in [0.15, 0.2) is 156 Å². The molecule has 0 fully saturated rings. The number of fused-ring (bicyclic) bond motifs is 7. The van der Waals surface area contributed by atoms with Gasteiger partial charge in [-0.25, -0.2) is 4.98 Å². The molecule has 0 bridgehead atoms. The minimum atomic E-state index is -1.86. The quantitative estimate of drug-likeness (QED) is 0.0821. The second-order valence-electron chi connectivity index (χ2n) is 20.7. The molecule has 4 aromatic heterocycles. The molecule has 7 heteroatoms. The third-order valence-corrected chi connectivity index (χ3v) is 17.7. The number of imidazole rings is 1. The van der Waals surface area contributed by atoms with Gasteiger partial charge in [0, 0.05) is 36.9 Å². The van der Waals surface area contributed by atoms with E-state index in [0.29, 0.717) is 11.6 Å². The maximum absolute atomic E-state index is 6.58. The summed E-state index contributed by atoms with van der Waals surface area (Å²) in [5.41, 5.74) is 14.9. The molecule has 11 rings (SSSR count). The maximum atomic E-state index is 6.58. The SMILES string of the molecule is CC(C)Cc1cc(-c2[c-]cccc2)nc[c]1[Ge]([CH3])([CH3])[CH3].Cc1ccc2c(n1)oc1c(-c3nc4cc5c(ccc6ccccc65)cc4n3-c3c(C(C)C)cc(-c4ccccc4)cc3C(C)C)[c-]ccc12.[Ir]. The average Bonchev–Trinajstić information content (AvgIpc) is 3.90. The van der Waals surface area contributed by atoms with E-state index in [1.165, 1.54) is 55.0 Å². The van der Waals surface area contributed by atoms with Gasteiger partial charge in [0.25, 0.3) is 0 Å². The number of nitrogens with zero attached hydrogens (tertiary/aromatic N) is 4. The Bertz CT molecular complexity index is 3650. The van der Waals surface area contributed by atoms with E-state index < -0.39 is 13.3 Å². The Morgan fingerprint density at radius 3 is 2.04 bits per heavy atom. The number of pyridine rings is 2. The standard InChI is InChI=1S/C45H36N3O.C18H24GeN.Ir/c1-26(2)37-22-32(29-12-7-6-8-13-29)23-38(27(3)4)42(37)48-41-24-31-20-19-30-14-9-10-15-33(30)39(31)25-40(41)47-44(48)36-17-11-16-34-35-21-18-28(5)46-45(35)49-43(34)36;1-14(2)11-16-12-18(15-9-7-6-8-10-15)20-13-17(16)19(3,4)5;/h6-16,18-27H,1-5H3;6-9,12-14H,11H2,1-5H3;/q2*-1;. The van der Waals surface area contributed by atoms with Gasteiger partial charge in [0.05, 0.1) is 22.4 Å². The van der Waals surface area contributed by atoms with E-state index in [4.69, 9.17) is 19.4 Å². The number of furan rings is 1. The van der Waals surface area contributed by atoms with Crippen LogP contribution in [0.3, 0.4) is 0 Å². The third kappa shape index (κ3) is 9.42. The molecule has 70 heavy (non-hydrogen) atoms. The molecule has 0 spiro atoms. The Labute approximate surface area is 429 Å². The fourth-order valence-electron chi connectivity index (χ4n) is 9.95. The zero-order chi connectivity index (χ0) is 48.1. The van der Waals surface area contributed by atoms with Crippen LogP contribution in [-0.2, 0) is 26.5 Å². The Morgan fingerprint density at radius 2 is 1.34 bits per heavy atom. The molecule has 0 amide bonds. The van der Waals surface area contributed by atoms with Gasteiger partial charge in [0.2, 0.25) is 5.71 Å². The van der Waals surface area contributed by atoms with Gasteiger partial charge in [-0.05, 0) is 99.0 Å². The number of hydrogen-bond acceptors (Lipinski definition) is 4. The number of aromatic nitrogens is 4. The van der Waals surface area contributed by atoms with E-state index in [1.54, 1.807) is 4.40 Å². The summed E-state index contributed by atoms with van der Waals surface area (Å²) in [6.45, 7) is 15.7. The summed E-state index contributed by atoms with van der Waals surface area (Å²) >= 11 is -1.86. The molecule has 11 aromatic rings. The first-order valence-electron chi connectivity index (χ1n) is 24.5. The fraction of sp³-hybridized carbons (Fsp3) is 0.222. The topological polar surface area (TPSA) is 56.7 Å². The zero-order valence-electron chi connectivity index (χ0n) is 41.9. The summed E-state index contributed by atoms with van der Waals surface area (Å²) in [6.07, 6.45) is 3.27. The molecule has 4 heterocycles. The predicted molar refractivity (Wildman–Crippen MR) is 294 cm³/mol. The van der Waals surface area contributed by atoms with Crippen molar-refractivity contribution < 1.29 is 24.5 Å². The Balaban J connectivity index is 0.000000244. The molecule has 0 saturated carbocycles. The van der Waals surface area contributed by atoms with Crippen LogP contribution in [0, 0.1) is 25.0 Å². The summed E-state index contributed by atoms with van der Waals surface area (Å²) in [5, 5.41) is 6.83. The molecule has 0 aliphatic rings. The smallest absolute Gasteiger partial charge is 0.216 e. The van der Waals surface area contributed by atoms with E-state index in [-0.39, 0.29) is 31.9 Å². The number of hydrogen-bond donors (Lipinski definition) is 0. The monoisotopic (exact) mass is 1160 g/mol. The van der Waals surface area contributed by atoms with Crippen molar-refractivity contribution in [2.45, 2.75) is 84.0 Å². The average molecular weight is 1150 g/mol. The molecule has 1 radical (unpaired) electrons. The summed E-state index contributed by atoms with van der Waals surface area (Å²) < 4.78 is 10.5. The summed E-state index contributed by atoms with van der Waals surface area (Å²) in [4.78, 5) is 14.9. The fourth-order valence-corrected chi connectivity index (χ4v) is 13.3. The molecule has 0 saturated heterocycles. The molecule has 353 valence electrons. The van der Waals surface area contributed by atoms with Crippen LogP contribution in [0.5, 0.6) is 0 Å². The molecule has 0 aliphatic heterocycles. The largest absolute Gasteiger partial charge is 0.486 e. The van der Waals surface area contributed by atoms with Gasteiger partial charge in [0.1, 0.15) is 0 Å². The van der Waals surface area contributed by atoms with Crippen molar-refractivity contribution >= 4 is 72.3 Å². The minimum absolute atomic E-state index is 0.